The number of hydrogen-bond acceptors (Lipinski definition) is 3. The van der Waals surface area contributed by atoms with Crippen molar-refractivity contribution in [3.8, 4) is 5.75 Å². The third kappa shape index (κ3) is 5.95. The molecule has 2 N–H and O–H groups in total. The highest BCUT2D eigenvalue weighted by Crippen LogP contribution is 2.15. The second-order valence-corrected chi connectivity index (χ2v) is 5.33. The SMILES string of the molecule is CCCOc1ccc(NCC(=O)NC(C)C(C)C)cc1. The number of anilines is 1. The van der Waals surface area contributed by atoms with Crippen molar-refractivity contribution in [1.29, 1.82) is 0 Å². The molecule has 1 atom stereocenters. The molecule has 1 unspecified atom stereocenters. The first-order valence-corrected chi connectivity index (χ1v) is 7.29. The smallest absolute Gasteiger partial charge is 0.239 e. The highest BCUT2D eigenvalue weighted by Gasteiger charge is 2.10. The van der Waals surface area contributed by atoms with E-state index in [9.17, 15) is 4.79 Å². The molecule has 1 rings (SSSR count). The quantitative estimate of drug-likeness (QED) is 0.768. The lowest BCUT2D eigenvalue weighted by atomic mass is 10.1. The number of amides is 1. The lowest BCUT2D eigenvalue weighted by Gasteiger charge is -2.17. The van der Waals surface area contributed by atoms with Gasteiger partial charge in [-0.25, -0.2) is 0 Å². The Kier molecular flexibility index (Phi) is 6.91. The van der Waals surface area contributed by atoms with E-state index in [1.165, 1.54) is 0 Å². The van der Waals surface area contributed by atoms with E-state index in [0.717, 1.165) is 24.5 Å². The van der Waals surface area contributed by atoms with E-state index in [1.54, 1.807) is 0 Å². The van der Waals surface area contributed by atoms with Crippen LogP contribution in [0.4, 0.5) is 5.69 Å². The lowest BCUT2D eigenvalue weighted by molar-refractivity contribution is -0.120. The van der Waals surface area contributed by atoms with Crippen LogP contribution in [0.15, 0.2) is 24.3 Å². The van der Waals surface area contributed by atoms with Crippen molar-refractivity contribution < 1.29 is 9.53 Å². The van der Waals surface area contributed by atoms with Crippen molar-refractivity contribution in [3.63, 3.8) is 0 Å². The maximum Gasteiger partial charge on any atom is 0.239 e. The van der Waals surface area contributed by atoms with E-state index >= 15 is 0 Å². The van der Waals surface area contributed by atoms with Crippen LogP contribution < -0.4 is 15.4 Å². The molecule has 4 nitrogen and oxygen atoms in total. The minimum absolute atomic E-state index is 0.0116. The first-order valence-electron chi connectivity index (χ1n) is 7.29. The average Bonchev–Trinajstić information content (AvgIpc) is 2.43. The molecule has 0 aromatic heterocycles. The van der Waals surface area contributed by atoms with E-state index in [0.29, 0.717) is 5.92 Å². The molecule has 1 aromatic rings. The molecule has 0 aliphatic rings. The standard InChI is InChI=1S/C16H26N2O2/c1-5-10-20-15-8-6-14(7-9-15)17-11-16(19)18-13(4)12(2)3/h6-9,12-13,17H,5,10-11H2,1-4H3,(H,18,19). The van der Waals surface area contributed by atoms with Crippen LogP contribution in [0.1, 0.15) is 34.1 Å². The number of ether oxygens (including phenoxy) is 1. The summed E-state index contributed by atoms with van der Waals surface area (Å²) in [4.78, 5) is 11.7. The van der Waals surface area contributed by atoms with Crippen LogP contribution in [0.2, 0.25) is 0 Å². The van der Waals surface area contributed by atoms with Gasteiger partial charge in [-0.3, -0.25) is 4.79 Å². The lowest BCUT2D eigenvalue weighted by Crippen LogP contribution is -2.39. The Hall–Kier alpha value is -1.71. The van der Waals surface area contributed by atoms with Gasteiger partial charge in [0, 0.05) is 11.7 Å². The molecule has 1 amide bonds. The molecular formula is C16H26N2O2. The summed E-state index contributed by atoms with van der Waals surface area (Å²) in [7, 11) is 0. The zero-order valence-corrected chi connectivity index (χ0v) is 12.9. The summed E-state index contributed by atoms with van der Waals surface area (Å²) in [6, 6.07) is 7.85. The van der Waals surface area contributed by atoms with Crippen molar-refractivity contribution in [2.24, 2.45) is 5.92 Å². The average molecular weight is 278 g/mol. The van der Waals surface area contributed by atoms with Gasteiger partial charge in [-0.05, 0) is 43.5 Å². The Labute approximate surface area is 121 Å². The fraction of sp³-hybridized carbons (Fsp3) is 0.562. The van der Waals surface area contributed by atoms with Crippen molar-refractivity contribution in [3.05, 3.63) is 24.3 Å². The van der Waals surface area contributed by atoms with Crippen LogP contribution in [-0.4, -0.2) is 25.1 Å². The fourth-order valence-electron chi connectivity index (χ4n) is 1.54. The molecule has 20 heavy (non-hydrogen) atoms. The molecular weight excluding hydrogens is 252 g/mol. The van der Waals surface area contributed by atoms with Crippen molar-refractivity contribution in [2.45, 2.75) is 40.2 Å². The van der Waals surface area contributed by atoms with E-state index in [1.807, 2.05) is 31.2 Å². The van der Waals surface area contributed by atoms with Crippen LogP contribution in [0.5, 0.6) is 5.75 Å². The molecule has 0 radical (unpaired) electrons. The summed E-state index contributed by atoms with van der Waals surface area (Å²) in [5.41, 5.74) is 0.918. The van der Waals surface area contributed by atoms with Crippen molar-refractivity contribution in [2.75, 3.05) is 18.5 Å². The zero-order chi connectivity index (χ0) is 15.0. The van der Waals surface area contributed by atoms with Gasteiger partial charge >= 0.3 is 0 Å². The summed E-state index contributed by atoms with van der Waals surface area (Å²) in [6.07, 6.45) is 0.994. The molecule has 1 aromatic carbocycles. The number of nitrogens with one attached hydrogen (secondary N) is 2. The van der Waals surface area contributed by atoms with Gasteiger partial charge in [-0.15, -0.1) is 0 Å². The van der Waals surface area contributed by atoms with E-state index < -0.39 is 0 Å². The molecule has 4 heteroatoms. The fourth-order valence-corrected chi connectivity index (χ4v) is 1.54. The first kappa shape index (κ1) is 16.3. The summed E-state index contributed by atoms with van der Waals surface area (Å²) in [6.45, 7) is 9.28. The predicted octanol–water partition coefficient (Wildman–Crippen LogP) is 3.05. The van der Waals surface area contributed by atoms with Crippen molar-refractivity contribution >= 4 is 11.6 Å². The van der Waals surface area contributed by atoms with E-state index in [4.69, 9.17) is 4.74 Å². The van der Waals surface area contributed by atoms with Gasteiger partial charge in [-0.1, -0.05) is 20.8 Å². The number of hydrogen-bond donors (Lipinski definition) is 2. The van der Waals surface area contributed by atoms with Gasteiger partial charge in [0.2, 0.25) is 5.91 Å². The van der Waals surface area contributed by atoms with Crippen molar-refractivity contribution in [1.82, 2.24) is 5.32 Å². The molecule has 112 valence electrons. The van der Waals surface area contributed by atoms with Gasteiger partial charge < -0.3 is 15.4 Å². The molecule has 0 heterocycles. The summed E-state index contributed by atoms with van der Waals surface area (Å²) >= 11 is 0. The predicted molar refractivity (Wildman–Crippen MR) is 83.2 cm³/mol. The number of benzene rings is 1. The Morgan fingerprint density at radius 1 is 1.20 bits per heavy atom. The molecule has 0 fully saturated rings. The minimum Gasteiger partial charge on any atom is -0.494 e. The largest absolute Gasteiger partial charge is 0.494 e. The molecule has 0 bridgehead atoms. The zero-order valence-electron chi connectivity index (χ0n) is 12.9. The molecule has 0 aliphatic carbocycles. The second kappa shape index (κ2) is 8.46. The van der Waals surface area contributed by atoms with Gasteiger partial charge in [-0.2, -0.15) is 0 Å². The monoisotopic (exact) mass is 278 g/mol. The van der Waals surface area contributed by atoms with Gasteiger partial charge in [0.1, 0.15) is 5.75 Å². The van der Waals surface area contributed by atoms with E-state index in [-0.39, 0.29) is 18.5 Å². The van der Waals surface area contributed by atoms with Gasteiger partial charge in [0.15, 0.2) is 0 Å². The first-order chi connectivity index (χ1) is 9.52. The highest BCUT2D eigenvalue weighted by molar-refractivity contribution is 5.80. The minimum atomic E-state index is 0.0116. The second-order valence-electron chi connectivity index (χ2n) is 5.33. The van der Waals surface area contributed by atoms with Gasteiger partial charge in [0.25, 0.3) is 0 Å². The number of carbonyl (C=O) groups is 1. The number of rotatable bonds is 8. The van der Waals surface area contributed by atoms with Crippen LogP contribution >= 0.6 is 0 Å². The maximum absolute atomic E-state index is 11.7. The third-order valence-electron chi connectivity index (χ3n) is 3.17. The van der Waals surface area contributed by atoms with Crippen LogP contribution in [0.3, 0.4) is 0 Å². The van der Waals surface area contributed by atoms with Crippen LogP contribution in [-0.2, 0) is 4.79 Å². The topological polar surface area (TPSA) is 50.4 Å². The molecule has 0 saturated heterocycles. The van der Waals surface area contributed by atoms with Gasteiger partial charge in [0.05, 0.1) is 13.2 Å². The summed E-state index contributed by atoms with van der Waals surface area (Å²) in [5, 5.41) is 6.07. The normalized spacial score (nSPS) is 12.1. The third-order valence-corrected chi connectivity index (χ3v) is 3.17. The van der Waals surface area contributed by atoms with Crippen LogP contribution in [0, 0.1) is 5.92 Å². The summed E-state index contributed by atoms with van der Waals surface area (Å²) < 4.78 is 5.51. The Morgan fingerprint density at radius 3 is 2.40 bits per heavy atom. The Bertz CT molecular complexity index is 401. The Balaban J connectivity index is 2.36. The molecule has 0 aliphatic heterocycles. The van der Waals surface area contributed by atoms with E-state index in [2.05, 4.69) is 31.4 Å². The highest BCUT2D eigenvalue weighted by atomic mass is 16.5. The van der Waals surface area contributed by atoms with Crippen LogP contribution in [0.25, 0.3) is 0 Å². The number of carbonyl (C=O) groups excluding carboxylic acids is 1. The Morgan fingerprint density at radius 2 is 1.85 bits per heavy atom. The molecule has 0 spiro atoms. The summed E-state index contributed by atoms with van der Waals surface area (Å²) in [5.74, 6) is 1.31. The molecule has 0 saturated carbocycles. The maximum atomic E-state index is 11.7.